The number of hydrogen-bond donors (Lipinski definition) is 1. The summed E-state index contributed by atoms with van der Waals surface area (Å²) in [7, 11) is 0. The van der Waals surface area contributed by atoms with Crippen molar-refractivity contribution in [3.63, 3.8) is 0 Å². The molecule has 1 aliphatic heterocycles. The fraction of sp³-hybridized carbons (Fsp3) is 1.00. The first kappa shape index (κ1) is 16.9. The number of hydrogen-bond acceptors (Lipinski definition) is 3. The van der Waals surface area contributed by atoms with Gasteiger partial charge in [-0.15, -0.1) is 0 Å². The van der Waals surface area contributed by atoms with Crippen LogP contribution in [0.25, 0.3) is 0 Å². The van der Waals surface area contributed by atoms with E-state index in [9.17, 15) is 0 Å². The van der Waals surface area contributed by atoms with Crippen molar-refractivity contribution in [3.8, 4) is 0 Å². The SMILES string of the molecule is CCCC1CC(N(CCC)CC(C)(C)CN)CCO1. The van der Waals surface area contributed by atoms with E-state index in [0.29, 0.717) is 12.1 Å². The van der Waals surface area contributed by atoms with E-state index in [1.54, 1.807) is 0 Å². The summed E-state index contributed by atoms with van der Waals surface area (Å²) in [6, 6.07) is 0.691. The molecule has 0 radical (unpaired) electrons. The minimum absolute atomic E-state index is 0.216. The van der Waals surface area contributed by atoms with Crippen LogP contribution in [0.15, 0.2) is 0 Å². The van der Waals surface area contributed by atoms with E-state index >= 15 is 0 Å². The van der Waals surface area contributed by atoms with Crippen LogP contribution < -0.4 is 5.73 Å². The molecule has 19 heavy (non-hydrogen) atoms. The van der Waals surface area contributed by atoms with Gasteiger partial charge in [-0.3, -0.25) is 4.90 Å². The Balaban J connectivity index is 2.59. The molecule has 1 rings (SSSR count). The largest absolute Gasteiger partial charge is 0.378 e. The highest BCUT2D eigenvalue weighted by atomic mass is 16.5. The predicted octanol–water partition coefficient (Wildman–Crippen LogP) is 3.03. The molecule has 2 unspecified atom stereocenters. The van der Waals surface area contributed by atoms with Crippen LogP contribution in [0.3, 0.4) is 0 Å². The van der Waals surface area contributed by atoms with Gasteiger partial charge in [0.15, 0.2) is 0 Å². The van der Waals surface area contributed by atoms with Crippen molar-refractivity contribution in [2.75, 3.05) is 26.2 Å². The Morgan fingerprint density at radius 2 is 2.00 bits per heavy atom. The Morgan fingerprint density at radius 3 is 2.58 bits per heavy atom. The molecule has 0 spiro atoms. The lowest BCUT2D eigenvalue weighted by molar-refractivity contribution is -0.0368. The fourth-order valence-corrected chi connectivity index (χ4v) is 3.01. The average Bonchev–Trinajstić information content (AvgIpc) is 2.39. The van der Waals surface area contributed by atoms with Crippen molar-refractivity contribution in [3.05, 3.63) is 0 Å². The topological polar surface area (TPSA) is 38.5 Å². The average molecular weight is 270 g/mol. The minimum Gasteiger partial charge on any atom is -0.378 e. The third-order valence-corrected chi connectivity index (χ3v) is 4.16. The summed E-state index contributed by atoms with van der Waals surface area (Å²) in [5, 5.41) is 0. The molecule has 114 valence electrons. The zero-order chi connectivity index (χ0) is 14.3. The maximum Gasteiger partial charge on any atom is 0.0590 e. The fourth-order valence-electron chi connectivity index (χ4n) is 3.01. The smallest absolute Gasteiger partial charge is 0.0590 e. The van der Waals surface area contributed by atoms with Crippen molar-refractivity contribution in [1.29, 1.82) is 0 Å². The Hall–Kier alpha value is -0.120. The highest BCUT2D eigenvalue weighted by molar-refractivity contribution is 4.83. The summed E-state index contributed by atoms with van der Waals surface area (Å²) >= 11 is 0. The monoisotopic (exact) mass is 270 g/mol. The molecule has 1 heterocycles. The lowest BCUT2D eigenvalue weighted by atomic mass is 9.90. The zero-order valence-electron chi connectivity index (χ0n) is 13.5. The van der Waals surface area contributed by atoms with Gasteiger partial charge in [0.05, 0.1) is 6.10 Å². The van der Waals surface area contributed by atoms with Gasteiger partial charge in [-0.1, -0.05) is 34.1 Å². The van der Waals surface area contributed by atoms with E-state index in [2.05, 4.69) is 32.6 Å². The number of nitrogens with two attached hydrogens (primary N) is 1. The van der Waals surface area contributed by atoms with Gasteiger partial charge in [0, 0.05) is 19.2 Å². The highest BCUT2D eigenvalue weighted by Gasteiger charge is 2.29. The molecule has 0 aliphatic carbocycles. The van der Waals surface area contributed by atoms with Gasteiger partial charge in [-0.05, 0) is 44.2 Å². The number of rotatable bonds is 8. The first-order chi connectivity index (χ1) is 9.02. The second-order valence-corrected chi connectivity index (χ2v) is 6.80. The second-order valence-electron chi connectivity index (χ2n) is 6.80. The van der Waals surface area contributed by atoms with Gasteiger partial charge in [0.2, 0.25) is 0 Å². The first-order valence-electron chi connectivity index (χ1n) is 8.08. The Bertz CT molecular complexity index is 241. The van der Waals surface area contributed by atoms with Gasteiger partial charge in [0.25, 0.3) is 0 Å². The summed E-state index contributed by atoms with van der Waals surface area (Å²) in [6.45, 7) is 13.1. The predicted molar refractivity (Wildman–Crippen MR) is 82.4 cm³/mol. The van der Waals surface area contributed by atoms with Crippen LogP contribution in [0, 0.1) is 5.41 Å². The Morgan fingerprint density at radius 1 is 1.26 bits per heavy atom. The van der Waals surface area contributed by atoms with Gasteiger partial charge in [-0.25, -0.2) is 0 Å². The zero-order valence-corrected chi connectivity index (χ0v) is 13.5. The first-order valence-corrected chi connectivity index (χ1v) is 8.08. The molecule has 1 saturated heterocycles. The molecular formula is C16H34N2O. The molecule has 0 aromatic heterocycles. The van der Waals surface area contributed by atoms with E-state index in [4.69, 9.17) is 10.5 Å². The highest BCUT2D eigenvalue weighted by Crippen LogP contribution is 2.25. The van der Waals surface area contributed by atoms with Crippen molar-refractivity contribution >= 4 is 0 Å². The molecule has 0 bridgehead atoms. The van der Waals surface area contributed by atoms with Gasteiger partial charge >= 0.3 is 0 Å². The van der Waals surface area contributed by atoms with Crippen LogP contribution in [-0.4, -0.2) is 43.3 Å². The summed E-state index contributed by atoms with van der Waals surface area (Å²) in [5.74, 6) is 0. The molecule has 2 N–H and O–H groups in total. The quantitative estimate of drug-likeness (QED) is 0.737. The normalized spacial score (nSPS) is 24.9. The van der Waals surface area contributed by atoms with E-state index in [-0.39, 0.29) is 5.41 Å². The van der Waals surface area contributed by atoms with Gasteiger partial charge in [0.1, 0.15) is 0 Å². The Labute approximate surface area is 119 Å². The maximum absolute atomic E-state index is 5.90. The van der Waals surface area contributed by atoms with Crippen molar-refractivity contribution in [2.45, 2.75) is 71.9 Å². The lowest BCUT2D eigenvalue weighted by Crippen LogP contribution is -2.48. The second kappa shape index (κ2) is 8.23. The molecule has 3 heteroatoms. The summed E-state index contributed by atoms with van der Waals surface area (Å²) in [4.78, 5) is 2.66. The maximum atomic E-state index is 5.90. The van der Waals surface area contributed by atoms with Crippen LogP contribution in [-0.2, 0) is 4.74 Å². The molecule has 0 saturated carbocycles. The molecule has 0 aromatic carbocycles. The van der Waals surface area contributed by atoms with Crippen molar-refractivity contribution < 1.29 is 4.74 Å². The van der Waals surface area contributed by atoms with Crippen molar-refractivity contribution in [2.24, 2.45) is 11.1 Å². The molecule has 0 aromatic rings. The van der Waals surface area contributed by atoms with E-state index in [1.165, 1.54) is 38.6 Å². The molecular weight excluding hydrogens is 236 g/mol. The van der Waals surface area contributed by atoms with Crippen molar-refractivity contribution in [1.82, 2.24) is 4.90 Å². The van der Waals surface area contributed by atoms with Crippen LogP contribution in [0.2, 0.25) is 0 Å². The molecule has 1 fully saturated rings. The van der Waals surface area contributed by atoms with Crippen LogP contribution in [0.4, 0.5) is 0 Å². The number of ether oxygens (including phenoxy) is 1. The molecule has 2 atom stereocenters. The van der Waals surface area contributed by atoms with Gasteiger partial charge in [-0.2, -0.15) is 0 Å². The van der Waals surface area contributed by atoms with Crippen LogP contribution in [0.1, 0.15) is 59.8 Å². The Kier molecular flexibility index (Phi) is 7.33. The molecule has 0 amide bonds. The van der Waals surface area contributed by atoms with Crippen LogP contribution in [0.5, 0.6) is 0 Å². The lowest BCUT2D eigenvalue weighted by Gasteiger charge is -2.41. The third kappa shape index (κ3) is 5.80. The van der Waals surface area contributed by atoms with Gasteiger partial charge < -0.3 is 10.5 Å². The molecule has 3 nitrogen and oxygen atoms in total. The van der Waals surface area contributed by atoms with E-state index in [1.807, 2.05) is 0 Å². The van der Waals surface area contributed by atoms with E-state index in [0.717, 1.165) is 19.7 Å². The van der Waals surface area contributed by atoms with E-state index < -0.39 is 0 Å². The van der Waals surface area contributed by atoms with Crippen LogP contribution >= 0.6 is 0 Å². The molecule has 1 aliphatic rings. The third-order valence-electron chi connectivity index (χ3n) is 4.16. The summed E-state index contributed by atoms with van der Waals surface area (Å²) < 4.78 is 5.88. The summed E-state index contributed by atoms with van der Waals surface area (Å²) in [6.07, 6.45) is 6.51. The number of nitrogens with zero attached hydrogens (tertiary/aromatic N) is 1. The standard InChI is InChI=1S/C16H34N2O/c1-5-7-15-11-14(8-10-19-15)18(9-6-2)13-16(3,4)12-17/h14-15H,5-13,17H2,1-4H3. The minimum atomic E-state index is 0.216. The summed E-state index contributed by atoms with van der Waals surface area (Å²) in [5.41, 5.74) is 6.12.